The number of nitrogens with one attached hydrogen (secondary N) is 1. The summed E-state index contributed by atoms with van der Waals surface area (Å²) in [7, 11) is 1.50. The van der Waals surface area contributed by atoms with Crippen LogP contribution in [0.1, 0.15) is 21.6 Å². The van der Waals surface area contributed by atoms with Crippen LogP contribution in [-0.2, 0) is 24.4 Å². The zero-order valence-electron chi connectivity index (χ0n) is 19.4. The van der Waals surface area contributed by atoms with Gasteiger partial charge in [-0.3, -0.25) is 24.0 Å². The summed E-state index contributed by atoms with van der Waals surface area (Å²) in [6.45, 7) is 0.907. The molecule has 0 saturated heterocycles. The van der Waals surface area contributed by atoms with Crippen molar-refractivity contribution in [2.75, 3.05) is 24.4 Å². The van der Waals surface area contributed by atoms with E-state index in [4.69, 9.17) is 10.5 Å². The maximum absolute atomic E-state index is 13.9. The highest BCUT2D eigenvalue weighted by atomic mass is 16.5. The summed E-state index contributed by atoms with van der Waals surface area (Å²) in [5.41, 5.74) is 7.06. The summed E-state index contributed by atoms with van der Waals surface area (Å²) < 4.78 is 8.09. The lowest BCUT2D eigenvalue weighted by molar-refractivity contribution is 0.0976. The number of H-pyrrole nitrogens is 1. The molecule has 2 aromatic carbocycles. The van der Waals surface area contributed by atoms with Crippen LogP contribution in [0.5, 0.6) is 0 Å². The van der Waals surface area contributed by atoms with Crippen LogP contribution in [0.25, 0.3) is 0 Å². The van der Waals surface area contributed by atoms with E-state index in [0.29, 0.717) is 12.2 Å². The Balaban J connectivity index is 1.80. The van der Waals surface area contributed by atoms with Crippen molar-refractivity contribution in [2.24, 2.45) is 0 Å². The standard InChI is InChI=1S/C26H27N5O4/c1-35-16-15-30-23(27)22(24(32)28-26(30)34)31(18-20-11-6-3-7-12-20)25(33)21-13-8-14-29(21)17-19-9-4-2-5-10-19/h2-14H,15-18,27H2,1H3,(H,28,32,34). The van der Waals surface area contributed by atoms with E-state index in [1.54, 1.807) is 12.1 Å². The van der Waals surface area contributed by atoms with Crippen LogP contribution in [0.4, 0.5) is 11.5 Å². The van der Waals surface area contributed by atoms with E-state index in [-0.39, 0.29) is 31.2 Å². The molecule has 0 unspecified atom stereocenters. The number of carbonyl (C=O) groups excluding carboxylic acids is 1. The molecule has 0 fully saturated rings. The number of hydrogen-bond donors (Lipinski definition) is 2. The monoisotopic (exact) mass is 473 g/mol. The normalized spacial score (nSPS) is 10.9. The second-order valence-corrected chi connectivity index (χ2v) is 8.02. The number of nitrogens with two attached hydrogens (primary N) is 1. The number of methoxy groups -OCH3 is 1. The molecule has 0 radical (unpaired) electrons. The number of amides is 1. The average molecular weight is 474 g/mol. The first-order chi connectivity index (χ1) is 17.0. The van der Waals surface area contributed by atoms with Gasteiger partial charge in [0.2, 0.25) is 0 Å². The molecule has 0 aliphatic carbocycles. The van der Waals surface area contributed by atoms with E-state index in [1.807, 2.05) is 71.4 Å². The lowest BCUT2D eigenvalue weighted by Crippen LogP contribution is -2.41. The summed E-state index contributed by atoms with van der Waals surface area (Å²) in [6, 6.07) is 22.5. The first-order valence-corrected chi connectivity index (χ1v) is 11.2. The minimum absolute atomic E-state index is 0.0815. The molecule has 0 aliphatic rings. The zero-order valence-corrected chi connectivity index (χ0v) is 19.4. The Morgan fingerprint density at radius 2 is 1.63 bits per heavy atom. The predicted octanol–water partition coefficient (Wildman–Crippen LogP) is 2.46. The number of nitrogen functional groups attached to an aromatic ring is 1. The lowest BCUT2D eigenvalue weighted by atomic mass is 10.2. The van der Waals surface area contributed by atoms with Gasteiger partial charge in [0.1, 0.15) is 11.5 Å². The molecule has 1 amide bonds. The van der Waals surface area contributed by atoms with Gasteiger partial charge in [-0.25, -0.2) is 4.79 Å². The van der Waals surface area contributed by atoms with Crippen LogP contribution in [0.2, 0.25) is 0 Å². The molecule has 35 heavy (non-hydrogen) atoms. The smallest absolute Gasteiger partial charge is 0.330 e. The maximum atomic E-state index is 13.9. The number of anilines is 2. The van der Waals surface area contributed by atoms with E-state index in [9.17, 15) is 14.4 Å². The van der Waals surface area contributed by atoms with Gasteiger partial charge in [0.05, 0.1) is 19.7 Å². The molecule has 4 rings (SSSR count). The molecule has 9 nitrogen and oxygen atoms in total. The first-order valence-electron chi connectivity index (χ1n) is 11.2. The molecule has 2 aromatic heterocycles. The Morgan fingerprint density at radius 1 is 0.971 bits per heavy atom. The summed E-state index contributed by atoms with van der Waals surface area (Å²) in [5, 5.41) is 0. The largest absolute Gasteiger partial charge is 0.383 e. The van der Waals surface area contributed by atoms with Crippen molar-refractivity contribution < 1.29 is 9.53 Å². The molecule has 9 heteroatoms. The summed E-state index contributed by atoms with van der Waals surface area (Å²) >= 11 is 0. The second-order valence-electron chi connectivity index (χ2n) is 8.02. The van der Waals surface area contributed by atoms with Crippen molar-refractivity contribution in [1.82, 2.24) is 14.1 Å². The number of rotatable bonds is 9. The Kier molecular flexibility index (Phi) is 7.27. The number of aromatic amines is 1. The SMILES string of the molecule is COCCn1c(N)c(N(Cc2ccccc2)C(=O)c2cccn2Cc2ccccc2)c(=O)[nH]c1=O. The fourth-order valence-corrected chi connectivity index (χ4v) is 3.93. The van der Waals surface area contributed by atoms with Gasteiger partial charge in [-0.05, 0) is 23.3 Å². The molecule has 0 aliphatic heterocycles. The molecular weight excluding hydrogens is 446 g/mol. The molecule has 0 bridgehead atoms. The number of nitrogens with zero attached hydrogens (tertiary/aromatic N) is 3. The van der Waals surface area contributed by atoms with Gasteiger partial charge in [0, 0.05) is 19.9 Å². The Bertz CT molecular complexity index is 1410. The highest BCUT2D eigenvalue weighted by molar-refractivity contribution is 6.06. The van der Waals surface area contributed by atoms with Crippen molar-refractivity contribution >= 4 is 17.4 Å². The third-order valence-electron chi connectivity index (χ3n) is 5.68. The van der Waals surface area contributed by atoms with E-state index < -0.39 is 17.2 Å². The van der Waals surface area contributed by atoms with E-state index in [2.05, 4.69) is 4.98 Å². The Morgan fingerprint density at radius 3 is 2.29 bits per heavy atom. The van der Waals surface area contributed by atoms with E-state index >= 15 is 0 Å². The molecule has 0 spiro atoms. The number of benzene rings is 2. The van der Waals surface area contributed by atoms with Crippen LogP contribution in [0.15, 0.2) is 88.6 Å². The average Bonchev–Trinajstić information content (AvgIpc) is 3.32. The van der Waals surface area contributed by atoms with Gasteiger partial charge >= 0.3 is 5.69 Å². The topological polar surface area (TPSA) is 115 Å². The Hall–Kier alpha value is -4.37. The summed E-state index contributed by atoms with van der Waals surface area (Å²) in [6.07, 6.45) is 1.81. The summed E-state index contributed by atoms with van der Waals surface area (Å²) in [5.74, 6) is -0.509. The van der Waals surface area contributed by atoms with E-state index in [0.717, 1.165) is 11.1 Å². The van der Waals surface area contributed by atoms with Crippen LogP contribution >= 0.6 is 0 Å². The number of aromatic nitrogens is 3. The highest BCUT2D eigenvalue weighted by Gasteiger charge is 2.27. The van der Waals surface area contributed by atoms with Gasteiger partial charge in [0.15, 0.2) is 5.69 Å². The predicted molar refractivity (Wildman–Crippen MR) is 135 cm³/mol. The van der Waals surface area contributed by atoms with Gasteiger partial charge in [-0.1, -0.05) is 60.7 Å². The summed E-state index contributed by atoms with van der Waals surface area (Å²) in [4.78, 5) is 42.9. The van der Waals surface area contributed by atoms with Crippen LogP contribution in [0.3, 0.4) is 0 Å². The van der Waals surface area contributed by atoms with Crippen molar-refractivity contribution in [3.05, 3.63) is 117 Å². The van der Waals surface area contributed by atoms with Gasteiger partial charge < -0.3 is 15.0 Å². The van der Waals surface area contributed by atoms with Crippen molar-refractivity contribution in [3.63, 3.8) is 0 Å². The van der Waals surface area contributed by atoms with E-state index in [1.165, 1.54) is 16.6 Å². The second kappa shape index (κ2) is 10.7. The van der Waals surface area contributed by atoms with Crippen molar-refractivity contribution in [3.8, 4) is 0 Å². The third-order valence-corrected chi connectivity index (χ3v) is 5.68. The molecule has 180 valence electrons. The molecular formula is C26H27N5O4. The maximum Gasteiger partial charge on any atom is 0.330 e. The number of hydrogen-bond acceptors (Lipinski definition) is 5. The van der Waals surface area contributed by atoms with Crippen LogP contribution < -0.4 is 21.9 Å². The molecule has 4 aromatic rings. The molecule has 2 heterocycles. The van der Waals surface area contributed by atoms with Crippen LogP contribution in [0, 0.1) is 0 Å². The Labute approximate surface area is 202 Å². The minimum atomic E-state index is -0.730. The molecule has 0 atom stereocenters. The fraction of sp³-hybridized carbons (Fsp3) is 0.192. The molecule has 3 N–H and O–H groups in total. The van der Waals surface area contributed by atoms with Crippen LogP contribution in [-0.4, -0.2) is 33.7 Å². The van der Waals surface area contributed by atoms with Crippen molar-refractivity contribution in [1.29, 1.82) is 0 Å². The minimum Gasteiger partial charge on any atom is -0.383 e. The zero-order chi connectivity index (χ0) is 24.8. The van der Waals surface area contributed by atoms with Gasteiger partial charge in [0.25, 0.3) is 11.5 Å². The third kappa shape index (κ3) is 5.25. The quantitative estimate of drug-likeness (QED) is 0.388. The highest BCUT2D eigenvalue weighted by Crippen LogP contribution is 2.23. The molecule has 0 saturated carbocycles. The number of ether oxygens (including phenoxy) is 1. The van der Waals surface area contributed by atoms with Gasteiger partial charge in [-0.2, -0.15) is 0 Å². The first kappa shape index (κ1) is 23.8. The van der Waals surface area contributed by atoms with Gasteiger partial charge in [-0.15, -0.1) is 0 Å². The number of carbonyl (C=O) groups is 1. The fourth-order valence-electron chi connectivity index (χ4n) is 3.93. The van der Waals surface area contributed by atoms with Crippen molar-refractivity contribution in [2.45, 2.75) is 19.6 Å². The lowest BCUT2D eigenvalue weighted by Gasteiger charge is -2.25.